The highest BCUT2D eigenvalue weighted by Crippen LogP contribution is 2.43. The minimum atomic E-state index is 0.558. The SMILES string of the molecule is Cn1cc(-c2ccc(Oc3ncns3)cc2)c(C2CC2)n1. The highest BCUT2D eigenvalue weighted by molar-refractivity contribution is 7.07. The molecule has 0 atom stereocenters. The highest BCUT2D eigenvalue weighted by atomic mass is 32.1. The molecule has 1 aliphatic carbocycles. The molecule has 0 aliphatic heterocycles. The van der Waals surface area contributed by atoms with Crippen molar-refractivity contribution in [3.05, 3.63) is 42.5 Å². The van der Waals surface area contributed by atoms with E-state index in [1.165, 1.54) is 47.5 Å². The summed E-state index contributed by atoms with van der Waals surface area (Å²) in [7, 11) is 1.97. The van der Waals surface area contributed by atoms with Gasteiger partial charge in [0.2, 0.25) is 0 Å². The Labute approximate surface area is 126 Å². The van der Waals surface area contributed by atoms with Gasteiger partial charge in [0.05, 0.1) is 5.69 Å². The molecule has 0 N–H and O–H groups in total. The van der Waals surface area contributed by atoms with Crippen LogP contribution >= 0.6 is 11.5 Å². The fourth-order valence-corrected chi connectivity index (χ4v) is 2.81. The van der Waals surface area contributed by atoms with Crippen molar-refractivity contribution >= 4 is 11.5 Å². The molecule has 21 heavy (non-hydrogen) atoms. The van der Waals surface area contributed by atoms with Gasteiger partial charge in [0.1, 0.15) is 12.1 Å². The fourth-order valence-electron chi connectivity index (χ4n) is 2.40. The molecule has 0 bridgehead atoms. The van der Waals surface area contributed by atoms with Crippen LogP contribution < -0.4 is 4.74 Å². The maximum absolute atomic E-state index is 5.63. The Balaban J connectivity index is 1.61. The van der Waals surface area contributed by atoms with Crippen molar-refractivity contribution in [3.63, 3.8) is 0 Å². The van der Waals surface area contributed by atoms with Crippen molar-refractivity contribution in [1.82, 2.24) is 19.1 Å². The third-order valence-electron chi connectivity index (χ3n) is 3.53. The zero-order chi connectivity index (χ0) is 14.2. The lowest BCUT2D eigenvalue weighted by molar-refractivity contribution is 0.479. The number of hydrogen-bond acceptors (Lipinski definition) is 5. The van der Waals surface area contributed by atoms with Crippen LogP contribution in [0.5, 0.6) is 10.9 Å². The largest absolute Gasteiger partial charge is 0.430 e. The molecular formula is C15H14N4OS. The van der Waals surface area contributed by atoms with Gasteiger partial charge in [-0.25, -0.2) is 0 Å². The summed E-state index contributed by atoms with van der Waals surface area (Å²) in [5, 5.41) is 5.16. The fraction of sp³-hybridized carbons (Fsp3) is 0.267. The molecular weight excluding hydrogens is 284 g/mol. The number of aromatic nitrogens is 4. The van der Waals surface area contributed by atoms with E-state index in [1.807, 2.05) is 23.9 Å². The molecule has 6 heteroatoms. The molecule has 3 aromatic rings. The Kier molecular flexibility index (Phi) is 2.96. The summed E-state index contributed by atoms with van der Waals surface area (Å²) in [6.07, 6.45) is 6.09. The zero-order valence-electron chi connectivity index (χ0n) is 11.6. The molecule has 0 amide bonds. The summed E-state index contributed by atoms with van der Waals surface area (Å²) in [6.45, 7) is 0. The lowest BCUT2D eigenvalue weighted by atomic mass is 10.0. The van der Waals surface area contributed by atoms with Gasteiger partial charge in [0.25, 0.3) is 5.19 Å². The van der Waals surface area contributed by atoms with Gasteiger partial charge < -0.3 is 4.74 Å². The molecule has 4 rings (SSSR count). The first-order chi connectivity index (χ1) is 10.3. The number of ether oxygens (including phenoxy) is 1. The normalized spacial score (nSPS) is 14.3. The van der Waals surface area contributed by atoms with Crippen LogP contribution in [-0.4, -0.2) is 19.1 Å². The van der Waals surface area contributed by atoms with E-state index in [9.17, 15) is 0 Å². The number of aryl methyl sites for hydroxylation is 1. The second-order valence-corrected chi connectivity index (χ2v) is 5.95. The van der Waals surface area contributed by atoms with Crippen molar-refractivity contribution in [2.24, 2.45) is 7.05 Å². The molecule has 2 heterocycles. The molecule has 0 spiro atoms. The Morgan fingerprint density at radius 3 is 2.71 bits per heavy atom. The third-order valence-corrected chi connectivity index (χ3v) is 4.08. The van der Waals surface area contributed by atoms with Crippen molar-refractivity contribution in [2.75, 3.05) is 0 Å². The van der Waals surface area contributed by atoms with Gasteiger partial charge in [-0.05, 0) is 30.5 Å². The van der Waals surface area contributed by atoms with Crippen LogP contribution in [-0.2, 0) is 7.05 Å². The van der Waals surface area contributed by atoms with Gasteiger partial charge in [-0.1, -0.05) is 12.1 Å². The minimum Gasteiger partial charge on any atom is -0.430 e. The summed E-state index contributed by atoms with van der Waals surface area (Å²) in [6, 6.07) is 8.05. The molecule has 0 saturated heterocycles. The van der Waals surface area contributed by atoms with Gasteiger partial charge >= 0.3 is 0 Å². The van der Waals surface area contributed by atoms with Crippen molar-refractivity contribution in [2.45, 2.75) is 18.8 Å². The molecule has 1 saturated carbocycles. The molecule has 1 aliphatic rings. The molecule has 1 aromatic carbocycles. The van der Waals surface area contributed by atoms with E-state index in [1.54, 1.807) is 0 Å². The van der Waals surface area contributed by atoms with E-state index in [0.717, 1.165) is 5.75 Å². The van der Waals surface area contributed by atoms with Crippen LogP contribution in [0.1, 0.15) is 24.5 Å². The van der Waals surface area contributed by atoms with Gasteiger partial charge in [0, 0.05) is 36.3 Å². The molecule has 106 valence electrons. The first-order valence-electron chi connectivity index (χ1n) is 6.88. The second-order valence-electron chi connectivity index (χ2n) is 5.21. The quantitative estimate of drug-likeness (QED) is 0.738. The van der Waals surface area contributed by atoms with Crippen LogP contribution in [0, 0.1) is 0 Å². The topological polar surface area (TPSA) is 52.8 Å². The summed E-state index contributed by atoms with van der Waals surface area (Å²) in [4.78, 5) is 4.01. The molecule has 0 radical (unpaired) electrons. The van der Waals surface area contributed by atoms with Crippen LogP contribution in [0.2, 0.25) is 0 Å². The van der Waals surface area contributed by atoms with Gasteiger partial charge in [-0.15, -0.1) is 0 Å². The van der Waals surface area contributed by atoms with E-state index in [4.69, 9.17) is 4.74 Å². The number of nitrogens with zero attached hydrogens (tertiary/aromatic N) is 4. The average molecular weight is 298 g/mol. The number of benzene rings is 1. The van der Waals surface area contributed by atoms with Gasteiger partial charge in [-0.2, -0.15) is 14.5 Å². The lowest BCUT2D eigenvalue weighted by Gasteiger charge is -2.04. The summed E-state index contributed by atoms with van der Waals surface area (Å²) in [5.74, 6) is 1.41. The van der Waals surface area contributed by atoms with Crippen molar-refractivity contribution in [1.29, 1.82) is 0 Å². The maximum Gasteiger partial charge on any atom is 0.298 e. The van der Waals surface area contributed by atoms with Crippen LogP contribution in [0.3, 0.4) is 0 Å². The summed E-state index contributed by atoms with van der Waals surface area (Å²) in [5.41, 5.74) is 3.62. The van der Waals surface area contributed by atoms with Crippen LogP contribution in [0.25, 0.3) is 11.1 Å². The van der Waals surface area contributed by atoms with E-state index in [-0.39, 0.29) is 0 Å². The third kappa shape index (κ3) is 2.54. The number of rotatable bonds is 4. The first-order valence-corrected chi connectivity index (χ1v) is 7.65. The monoisotopic (exact) mass is 298 g/mol. The highest BCUT2D eigenvalue weighted by Gasteiger charge is 2.29. The number of hydrogen-bond donors (Lipinski definition) is 0. The lowest BCUT2D eigenvalue weighted by Crippen LogP contribution is -1.89. The Hall–Kier alpha value is -2.21. The second kappa shape index (κ2) is 4.96. The standard InChI is InChI=1S/C15H14N4OS/c1-19-8-13(14(18-19)11-2-3-11)10-4-6-12(7-5-10)20-15-16-9-17-21-15/h4-9,11H,2-3H2,1H3. The van der Waals surface area contributed by atoms with E-state index >= 15 is 0 Å². The van der Waals surface area contributed by atoms with Gasteiger partial charge in [0.15, 0.2) is 0 Å². The molecule has 1 fully saturated rings. The maximum atomic E-state index is 5.63. The minimum absolute atomic E-state index is 0.558. The predicted octanol–water partition coefficient (Wildman–Crippen LogP) is 3.61. The summed E-state index contributed by atoms with van der Waals surface area (Å²) < 4.78 is 11.4. The van der Waals surface area contributed by atoms with E-state index in [2.05, 4.69) is 32.8 Å². The average Bonchev–Trinajstić information content (AvgIpc) is 3.07. The van der Waals surface area contributed by atoms with E-state index in [0.29, 0.717) is 11.1 Å². The Morgan fingerprint density at radius 2 is 2.05 bits per heavy atom. The predicted molar refractivity (Wildman–Crippen MR) is 80.6 cm³/mol. The Bertz CT molecular complexity index is 745. The van der Waals surface area contributed by atoms with Crippen molar-refractivity contribution < 1.29 is 4.74 Å². The van der Waals surface area contributed by atoms with Crippen molar-refractivity contribution in [3.8, 4) is 22.1 Å². The van der Waals surface area contributed by atoms with Crippen LogP contribution in [0.15, 0.2) is 36.8 Å². The first kappa shape index (κ1) is 12.5. The van der Waals surface area contributed by atoms with E-state index < -0.39 is 0 Å². The van der Waals surface area contributed by atoms with Crippen LogP contribution in [0.4, 0.5) is 0 Å². The summed E-state index contributed by atoms with van der Waals surface area (Å²) >= 11 is 1.24. The smallest absolute Gasteiger partial charge is 0.298 e. The molecule has 5 nitrogen and oxygen atoms in total. The zero-order valence-corrected chi connectivity index (χ0v) is 12.4. The molecule has 2 aromatic heterocycles. The van der Waals surface area contributed by atoms with Gasteiger partial charge in [-0.3, -0.25) is 4.68 Å². The Morgan fingerprint density at radius 1 is 1.24 bits per heavy atom. The molecule has 0 unspecified atom stereocenters.